The number of carbonyl (C=O) groups is 1. The number of carbonyl (C=O) groups excluding carboxylic acids is 1. The van der Waals surface area contributed by atoms with Crippen molar-refractivity contribution in [1.82, 2.24) is 4.57 Å². The van der Waals surface area contributed by atoms with Gasteiger partial charge in [0, 0.05) is 27.8 Å². The van der Waals surface area contributed by atoms with E-state index in [9.17, 15) is 4.79 Å². The fourth-order valence-electron chi connectivity index (χ4n) is 5.52. The Morgan fingerprint density at radius 2 is 1.59 bits per heavy atom. The Hall–Kier alpha value is -2.29. The predicted molar refractivity (Wildman–Crippen MR) is 118 cm³/mol. The van der Waals surface area contributed by atoms with Crippen LogP contribution in [0.1, 0.15) is 52.5 Å². The number of esters is 1. The molecule has 2 saturated carbocycles. The van der Waals surface area contributed by atoms with Gasteiger partial charge in [-0.1, -0.05) is 63.6 Å². The van der Waals surface area contributed by atoms with Gasteiger partial charge in [0.15, 0.2) is 0 Å². The number of fused-ring (bicyclic) bond motifs is 3. The van der Waals surface area contributed by atoms with Crippen LogP contribution < -0.4 is 0 Å². The molecular formula is C26H31NO2. The molecule has 0 unspecified atom stereocenters. The number of ether oxygens (including phenoxy) is 1. The lowest BCUT2D eigenvalue weighted by molar-refractivity contribution is -0.157. The number of rotatable bonds is 4. The van der Waals surface area contributed by atoms with Gasteiger partial charge in [-0.2, -0.15) is 0 Å². The molecular weight excluding hydrogens is 358 g/mol. The van der Waals surface area contributed by atoms with E-state index >= 15 is 0 Å². The highest BCUT2D eigenvalue weighted by molar-refractivity contribution is 6.08. The Morgan fingerprint density at radius 1 is 0.966 bits per heavy atom. The lowest BCUT2D eigenvalue weighted by Gasteiger charge is -2.36. The summed E-state index contributed by atoms with van der Waals surface area (Å²) >= 11 is 0. The van der Waals surface area contributed by atoms with Crippen molar-refractivity contribution in [2.75, 3.05) is 0 Å². The van der Waals surface area contributed by atoms with Gasteiger partial charge in [-0.25, -0.2) is 0 Å². The van der Waals surface area contributed by atoms with E-state index < -0.39 is 0 Å². The summed E-state index contributed by atoms with van der Waals surface area (Å²) in [7, 11) is 0. The molecule has 0 N–H and O–H groups in total. The van der Waals surface area contributed by atoms with Gasteiger partial charge in [-0.05, 0) is 49.1 Å². The highest BCUT2D eigenvalue weighted by Crippen LogP contribution is 2.49. The predicted octanol–water partition coefficient (Wildman–Crippen LogP) is 6.36. The molecule has 1 aromatic heterocycles. The smallest absolute Gasteiger partial charge is 0.311 e. The molecule has 0 aliphatic heterocycles. The van der Waals surface area contributed by atoms with Crippen molar-refractivity contribution < 1.29 is 9.53 Å². The van der Waals surface area contributed by atoms with Gasteiger partial charge in [0.2, 0.25) is 0 Å². The molecule has 29 heavy (non-hydrogen) atoms. The quantitative estimate of drug-likeness (QED) is 0.486. The Labute approximate surface area is 173 Å². The molecule has 2 aliphatic carbocycles. The lowest BCUT2D eigenvalue weighted by Crippen LogP contribution is -2.36. The highest BCUT2D eigenvalue weighted by Gasteiger charge is 2.48. The summed E-state index contributed by atoms with van der Waals surface area (Å²) in [6, 6.07) is 17.3. The van der Waals surface area contributed by atoms with Crippen LogP contribution in [0.2, 0.25) is 0 Å². The zero-order valence-corrected chi connectivity index (χ0v) is 17.7. The zero-order valence-electron chi connectivity index (χ0n) is 17.7. The van der Waals surface area contributed by atoms with Crippen molar-refractivity contribution in [3.63, 3.8) is 0 Å². The average Bonchev–Trinajstić information content (AvgIpc) is 3.43. The number of nitrogens with zero attached hydrogens (tertiary/aromatic N) is 1. The molecule has 5 rings (SSSR count). The van der Waals surface area contributed by atoms with Crippen LogP contribution in [-0.4, -0.2) is 16.6 Å². The monoisotopic (exact) mass is 389 g/mol. The topological polar surface area (TPSA) is 31.2 Å². The van der Waals surface area contributed by atoms with Gasteiger partial charge in [0.1, 0.15) is 6.10 Å². The molecule has 2 aromatic carbocycles. The van der Waals surface area contributed by atoms with Crippen molar-refractivity contribution >= 4 is 27.8 Å². The minimum atomic E-state index is -0.0146. The van der Waals surface area contributed by atoms with Gasteiger partial charge >= 0.3 is 5.97 Å². The van der Waals surface area contributed by atoms with Crippen molar-refractivity contribution in [2.45, 2.75) is 58.6 Å². The fourth-order valence-corrected chi connectivity index (χ4v) is 5.52. The minimum Gasteiger partial charge on any atom is -0.462 e. The van der Waals surface area contributed by atoms with Crippen LogP contribution in [0.4, 0.5) is 0 Å². The summed E-state index contributed by atoms with van der Waals surface area (Å²) in [5, 5.41) is 2.53. The molecule has 0 radical (unpaired) electrons. The molecule has 0 spiro atoms. The van der Waals surface area contributed by atoms with E-state index in [0.29, 0.717) is 17.8 Å². The van der Waals surface area contributed by atoms with Crippen LogP contribution in [-0.2, 0) is 9.53 Å². The average molecular weight is 390 g/mol. The molecule has 3 nitrogen and oxygen atoms in total. The van der Waals surface area contributed by atoms with Crippen molar-refractivity contribution in [3.05, 3.63) is 48.5 Å². The van der Waals surface area contributed by atoms with Crippen LogP contribution in [0, 0.1) is 23.7 Å². The molecule has 0 saturated heterocycles. The first kappa shape index (κ1) is 18.7. The van der Waals surface area contributed by atoms with Crippen LogP contribution in [0.15, 0.2) is 48.5 Å². The minimum absolute atomic E-state index is 0.0146. The molecule has 0 bridgehead atoms. The first-order valence-electron chi connectivity index (χ1n) is 11.2. The Bertz CT molecular complexity index is 996. The molecule has 2 aliphatic rings. The summed E-state index contributed by atoms with van der Waals surface area (Å²) in [5.74, 6) is 1.71. The fraction of sp³-hybridized carbons (Fsp3) is 0.500. The number of benzene rings is 2. The van der Waals surface area contributed by atoms with Gasteiger partial charge in [0.05, 0.1) is 5.92 Å². The second kappa shape index (κ2) is 7.19. The third-order valence-electron chi connectivity index (χ3n) is 7.24. The Morgan fingerprint density at radius 3 is 2.21 bits per heavy atom. The van der Waals surface area contributed by atoms with E-state index in [1.807, 2.05) is 0 Å². The first-order chi connectivity index (χ1) is 14.0. The van der Waals surface area contributed by atoms with Crippen LogP contribution in [0.3, 0.4) is 0 Å². The van der Waals surface area contributed by atoms with Gasteiger partial charge in [0.25, 0.3) is 0 Å². The zero-order chi connectivity index (χ0) is 20.1. The summed E-state index contributed by atoms with van der Waals surface area (Å²) in [6.45, 7) is 6.81. The van der Waals surface area contributed by atoms with Crippen LogP contribution in [0.5, 0.6) is 0 Å². The van der Waals surface area contributed by atoms with Crippen molar-refractivity contribution in [3.8, 4) is 0 Å². The largest absolute Gasteiger partial charge is 0.462 e. The second-order valence-electron chi connectivity index (χ2n) is 9.62. The van der Waals surface area contributed by atoms with Crippen LogP contribution in [0.25, 0.3) is 21.8 Å². The van der Waals surface area contributed by atoms with E-state index in [4.69, 9.17) is 4.74 Å². The van der Waals surface area contributed by atoms with E-state index in [2.05, 4.69) is 73.9 Å². The number of para-hydroxylation sites is 2. The van der Waals surface area contributed by atoms with Gasteiger partial charge < -0.3 is 9.30 Å². The molecule has 1 heterocycles. The van der Waals surface area contributed by atoms with E-state index in [-0.39, 0.29) is 24.0 Å². The van der Waals surface area contributed by atoms with Crippen LogP contribution >= 0.6 is 0 Å². The molecule has 5 atom stereocenters. The summed E-state index contributed by atoms with van der Waals surface area (Å²) in [6.07, 6.45) is 4.42. The maximum Gasteiger partial charge on any atom is 0.311 e. The Kier molecular flexibility index (Phi) is 4.64. The maximum atomic E-state index is 13.1. The molecule has 2 fully saturated rings. The molecule has 3 heteroatoms. The summed E-state index contributed by atoms with van der Waals surface area (Å²) in [4.78, 5) is 13.1. The van der Waals surface area contributed by atoms with Gasteiger partial charge in [-0.15, -0.1) is 0 Å². The molecule has 3 aromatic rings. The SMILES string of the molecule is CC(C)[C@H]1CC[C@H](C)C[C@@H]1OC(=O)[C@H]1C[C@@H]1n1c2ccccc2c2ccccc21. The van der Waals surface area contributed by atoms with E-state index in [1.54, 1.807) is 0 Å². The number of hydrogen-bond donors (Lipinski definition) is 0. The maximum absolute atomic E-state index is 13.1. The summed E-state index contributed by atoms with van der Waals surface area (Å²) in [5.41, 5.74) is 2.45. The normalized spacial score (nSPS) is 29.4. The molecule has 152 valence electrons. The third kappa shape index (κ3) is 3.25. The Balaban J connectivity index is 1.40. The van der Waals surface area contributed by atoms with Crippen molar-refractivity contribution in [1.29, 1.82) is 0 Å². The highest BCUT2D eigenvalue weighted by atomic mass is 16.5. The van der Waals surface area contributed by atoms with E-state index in [0.717, 1.165) is 12.8 Å². The number of hydrogen-bond acceptors (Lipinski definition) is 2. The first-order valence-corrected chi connectivity index (χ1v) is 11.2. The third-order valence-corrected chi connectivity index (χ3v) is 7.24. The molecule has 0 amide bonds. The lowest BCUT2D eigenvalue weighted by atomic mass is 9.75. The second-order valence-corrected chi connectivity index (χ2v) is 9.62. The number of aromatic nitrogens is 1. The standard InChI is InChI=1S/C26H31NO2/c1-16(2)18-13-12-17(3)14-25(18)29-26(28)21-15-24(21)27-22-10-6-4-8-19(22)20-9-5-7-11-23(20)27/h4-11,16-18,21,24-25H,12-15H2,1-3H3/t17-,18+,21-,24-,25-/m0/s1. The van der Waals surface area contributed by atoms with Crippen molar-refractivity contribution in [2.24, 2.45) is 23.7 Å². The van der Waals surface area contributed by atoms with E-state index in [1.165, 1.54) is 34.6 Å². The van der Waals surface area contributed by atoms with Gasteiger partial charge in [-0.3, -0.25) is 4.79 Å². The summed E-state index contributed by atoms with van der Waals surface area (Å²) < 4.78 is 8.53.